The van der Waals surface area contributed by atoms with Crippen molar-refractivity contribution in [3.8, 4) is 27.7 Å². The Morgan fingerprint density at radius 1 is 0.931 bits per heavy atom. The summed E-state index contributed by atoms with van der Waals surface area (Å²) in [4.78, 5) is 67.9. The maximum absolute atomic E-state index is 15.8. The number of hydrogen-bond donors (Lipinski definition) is 5. The van der Waals surface area contributed by atoms with E-state index in [9.17, 15) is 32.7 Å². The second-order valence-corrected chi connectivity index (χ2v) is 28.6. The normalized spacial score (nSPS) is 24.4. The van der Waals surface area contributed by atoms with Crippen LogP contribution in [0.1, 0.15) is 114 Å². The number of thiazole rings is 1. The molecule has 0 radical (unpaired) electrons. The number of nitrogens with zero attached hydrogens (tertiary/aromatic N) is 8. The van der Waals surface area contributed by atoms with E-state index in [1.165, 1.54) is 41.6 Å². The number of aromatic nitrogens is 6. The van der Waals surface area contributed by atoms with Gasteiger partial charge in [0.1, 0.15) is 29.3 Å². The minimum Gasteiger partial charge on any atom is -0.462 e. The SMILES string of the molecule is Cc1cc2[nH]ncc2c(-c2nccc3c2sc2nc(OC[C@]4(CN5CCC6(CCC(CC(=O)N[C@H](C(=O)N7C[C@H](O)C[C@H]7C(=O)NCc7ccc(-c8scnc8C)cc7)C(C)(C)C)CC6)CC5)CC4(F)F)nc(N4CC5CCC(C4)N5)c23)c1C(F)(F)F. The van der Waals surface area contributed by atoms with Gasteiger partial charge < -0.3 is 40.5 Å². The number of ether oxygens (including phenoxy) is 1. The first-order valence-corrected chi connectivity index (χ1v) is 32.1. The number of benzene rings is 2. The van der Waals surface area contributed by atoms with E-state index < -0.39 is 52.6 Å². The molecule has 5 N–H and O–H groups in total. The fourth-order valence-electron chi connectivity index (χ4n) is 14.7. The van der Waals surface area contributed by atoms with Gasteiger partial charge in [0.2, 0.25) is 17.7 Å². The number of halogens is 5. The second-order valence-electron chi connectivity index (χ2n) is 26.8. The maximum Gasteiger partial charge on any atom is 0.417 e. The number of H-pyrrole nitrogens is 1. The van der Waals surface area contributed by atoms with E-state index in [0.29, 0.717) is 57.8 Å². The molecular weight excluding hydrogens is 1160 g/mol. The minimum absolute atomic E-state index is 0.0183. The van der Waals surface area contributed by atoms with E-state index in [0.717, 1.165) is 73.1 Å². The largest absolute Gasteiger partial charge is 0.462 e. The molecule has 4 aliphatic heterocycles. The second kappa shape index (κ2) is 22.5. The molecule has 2 bridgehead atoms. The molecule has 6 atom stereocenters. The average Bonchev–Trinajstić information content (AvgIpc) is 1.61. The van der Waals surface area contributed by atoms with Crippen molar-refractivity contribution in [2.75, 3.05) is 50.8 Å². The molecule has 2 aromatic carbocycles. The highest BCUT2D eigenvalue weighted by atomic mass is 32.1. The van der Waals surface area contributed by atoms with Crippen LogP contribution in [0.15, 0.2) is 54.3 Å². The summed E-state index contributed by atoms with van der Waals surface area (Å²) in [5.74, 6) is -3.34. The molecule has 1 spiro atoms. The average molecular weight is 1240 g/mol. The number of aromatic amines is 1. The molecule has 2 unspecified atom stereocenters. The van der Waals surface area contributed by atoms with Crippen molar-refractivity contribution in [3.05, 3.63) is 76.7 Å². The summed E-state index contributed by atoms with van der Waals surface area (Å²) in [7, 11) is 0. The fourth-order valence-corrected chi connectivity index (χ4v) is 16.6. The zero-order valence-electron chi connectivity index (χ0n) is 49.5. The number of carbonyl (C=O) groups excluding carboxylic acids is 3. The number of β-amino-alcohol motifs (C(OH)–C–C–N with tert-alkyl or cyclic N) is 1. The highest BCUT2D eigenvalue weighted by Crippen LogP contribution is 2.61. The van der Waals surface area contributed by atoms with Crippen LogP contribution in [0.5, 0.6) is 6.01 Å². The molecule has 6 aliphatic rings. The molecule has 4 saturated heterocycles. The predicted octanol–water partition coefficient (Wildman–Crippen LogP) is 10.4. The Balaban J connectivity index is 0.639. The van der Waals surface area contributed by atoms with Crippen molar-refractivity contribution in [2.45, 2.75) is 154 Å². The van der Waals surface area contributed by atoms with Crippen molar-refractivity contribution < 1.29 is 46.2 Å². The Hall–Kier alpha value is -6.47. The van der Waals surface area contributed by atoms with Crippen molar-refractivity contribution in [1.29, 1.82) is 0 Å². The van der Waals surface area contributed by atoms with Crippen LogP contribution in [0, 0.1) is 36.0 Å². The summed E-state index contributed by atoms with van der Waals surface area (Å²) >= 11 is 2.75. The van der Waals surface area contributed by atoms with E-state index >= 15 is 8.78 Å². The Kier molecular flexibility index (Phi) is 15.4. The summed E-state index contributed by atoms with van der Waals surface area (Å²) in [6, 6.07) is 9.61. The summed E-state index contributed by atoms with van der Waals surface area (Å²) in [5.41, 5.74) is 2.28. The molecule has 9 heterocycles. The first-order chi connectivity index (χ1) is 41.4. The van der Waals surface area contributed by atoms with Crippen LogP contribution in [-0.2, 0) is 27.1 Å². The van der Waals surface area contributed by atoms with Gasteiger partial charge in [0.05, 0.1) is 60.7 Å². The quantitative estimate of drug-likeness (QED) is 0.0607. The van der Waals surface area contributed by atoms with Crippen molar-refractivity contribution in [1.82, 2.24) is 55.9 Å². The van der Waals surface area contributed by atoms with Crippen molar-refractivity contribution in [2.24, 2.45) is 22.2 Å². The van der Waals surface area contributed by atoms with Gasteiger partial charge in [-0.05, 0) is 124 Å². The monoisotopic (exact) mass is 1240 g/mol. The molecule has 2 saturated carbocycles. The molecule has 2 aliphatic carbocycles. The number of aliphatic hydroxyl groups excluding tert-OH is 1. The van der Waals surface area contributed by atoms with E-state index in [4.69, 9.17) is 14.7 Å². The fraction of sp³-hybridized carbons (Fsp3) is 0.556. The number of aryl methyl sites for hydroxylation is 2. The zero-order valence-corrected chi connectivity index (χ0v) is 51.1. The van der Waals surface area contributed by atoms with Crippen LogP contribution < -0.4 is 25.6 Å². The number of aliphatic hydroxyl groups is 1. The smallest absolute Gasteiger partial charge is 0.417 e. The lowest BCUT2D eigenvalue weighted by Crippen LogP contribution is -2.57. The molecule has 24 heteroatoms. The molecule has 3 amide bonds. The van der Waals surface area contributed by atoms with Crippen LogP contribution in [0.25, 0.3) is 52.9 Å². The van der Waals surface area contributed by atoms with Gasteiger partial charge in [0.25, 0.3) is 5.92 Å². The molecule has 462 valence electrons. The van der Waals surface area contributed by atoms with Gasteiger partial charge in [0, 0.05) is 86.6 Å². The molecule has 13 rings (SSSR count). The Morgan fingerprint density at radius 2 is 1.66 bits per heavy atom. The Bertz CT molecular complexity index is 3760. The van der Waals surface area contributed by atoms with E-state index in [2.05, 4.69) is 45.9 Å². The van der Waals surface area contributed by atoms with Crippen LogP contribution >= 0.6 is 22.7 Å². The number of likely N-dealkylation sites (tertiary alicyclic amines) is 2. The number of fused-ring (bicyclic) bond motifs is 6. The standard InChI is InChI=1S/C63H73F5N12O5S2/c1-34-22-44-43(26-72-77-44)47(49(34)63(66,67)68)50-52-42(14-19-69-50)48-54(79-27-39-10-11-40(28-79)73-39)75-58(76-56(48)87-52)85-32-61(30-62(61,64)65)31-78-20-17-60(18-21-78)15-12-36(13-16-60)23-46(82)74-53(59(3,4)5)57(84)80-29-41(81)24-45(80)55(83)70-25-37-6-8-38(9-7-37)51-35(2)71-33-86-51/h6-9,14,19,22,26,33,36,39-41,45,53,73,81H,10-13,15-18,20-21,23-25,27-32H2,1-5H3,(H,70,83)(H,72,77)(H,74,82)/t39?,40?,41-,45+,53-,61-/m1/s1. The molecule has 87 heavy (non-hydrogen) atoms. The van der Waals surface area contributed by atoms with Gasteiger partial charge in [-0.15, -0.1) is 22.7 Å². The molecular formula is C63H73F5N12O5S2. The lowest BCUT2D eigenvalue weighted by atomic mass is 9.65. The number of piperazine rings is 1. The van der Waals surface area contributed by atoms with Crippen molar-refractivity contribution >= 4 is 77.4 Å². The minimum atomic E-state index is -4.70. The van der Waals surface area contributed by atoms with E-state index in [-0.39, 0.29) is 109 Å². The number of amides is 3. The van der Waals surface area contributed by atoms with Crippen LogP contribution in [0.4, 0.5) is 27.8 Å². The van der Waals surface area contributed by atoms with Crippen molar-refractivity contribution in [3.63, 3.8) is 0 Å². The Labute approximate surface area is 508 Å². The highest BCUT2D eigenvalue weighted by molar-refractivity contribution is 7.26. The lowest BCUT2D eigenvalue weighted by molar-refractivity contribution is -0.144. The number of pyridine rings is 1. The van der Waals surface area contributed by atoms with Crippen LogP contribution in [-0.4, -0.2) is 145 Å². The predicted molar refractivity (Wildman–Crippen MR) is 324 cm³/mol. The van der Waals surface area contributed by atoms with Gasteiger partial charge in [0.15, 0.2) is 0 Å². The molecule has 7 aromatic rings. The first kappa shape index (κ1) is 59.5. The van der Waals surface area contributed by atoms with E-state index in [1.54, 1.807) is 17.4 Å². The third kappa shape index (κ3) is 11.5. The molecule has 5 aromatic heterocycles. The lowest BCUT2D eigenvalue weighted by Gasteiger charge is -2.46. The number of rotatable bonds is 15. The van der Waals surface area contributed by atoms with Gasteiger partial charge in [-0.1, -0.05) is 45.0 Å². The summed E-state index contributed by atoms with van der Waals surface area (Å²) in [6.45, 7) is 11.6. The van der Waals surface area contributed by atoms with Crippen LogP contribution in [0.2, 0.25) is 0 Å². The number of thiophene rings is 1. The third-order valence-corrected chi connectivity index (χ3v) is 21.8. The van der Waals surface area contributed by atoms with Gasteiger partial charge >= 0.3 is 12.2 Å². The van der Waals surface area contributed by atoms with Gasteiger partial charge in [-0.2, -0.15) is 28.2 Å². The summed E-state index contributed by atoms with van der Waals surface area (Å²) < 4.78 is 83.5. The molecule has 6 fully saturated rings. The van der Waals surface area contributed by atoms with Crippen LogP contribution in [0.3, 0.4) is 0 Å². The van der Waals surface area contributed by atoms with Gasteiger partial charge in [-0.25, -0.2) is 13.8 Å². The number of alkyl halides is 5. The Morgan fingerprint density at radius 3 is 2.32 bits per heavy atom. The number of anilines is 1. The van der Waals surface area contributed by atoms with Gasteiger partial charge in [-0.3, -0.25) is 24.5 Å². The van der Waals surface area contributed by atoms with E-state index in [1.807, 2.05) is 57.5 Å². The number of hydrogen-bond acceptors (Lipinski definition) is 15. The zero-order chi connectivity index (χ0) is 61.0. The number of piperidine rings is 1. The molecule has 17 nitrogen and oxygen atoms in total. The highest BCUT2D eigenvalue weighted by Gasteiger charge is 2.72. The first-order valence-electron chi connectivity index (χ1n) is 30.4. The number of carbonyl (C=O) groups is 3. The summed E-state index contributed by atoms with van der Waals surface area (Å²) in [5, 5.41) is 28.9. The maximum atomic E-state index is 15.8. The topological polar surface area (TPSA) is 207 Å². The third-order valence-electron chi connectivity index (χ3n) is 19.7. The number of nitrogens with one attached hydrogen (secondary N) is 4. The summed E-state index contributed by atoms with van der Waals surface area (Å²) in [6.07, 6.45) is 4.37.